The predicted octanol–water partition coefficient (Wildman–Crippen LogP) is 2.95. The van der Waals surface area contributed by atoms with Crippen LogP contribution in [0.25, 0.3) is 5.69 Å². The van der Waals surface area contributed by atoms with E-state index in [4.69, 9.17) is 5.11 Å². The molecule has 0 amide bonds. The summed E-state index contributed by atoms with van der Waals surface area (Å²) in [7, 11) is 0. The number of hydrogen-bond acceptors (Lipinski definition) is 2. The minimum absolute atomic E-state index is 0.0290. The van der Waals surface area contributed by atoms with Crippen molar-refractivity contribution in [3.8, 4) is 5.69 Å². The highest BCUT2D eigenvalue weighted by molar-refractivity contribution is 5.67. The third-order valence-corrected chi connectivity index (χ3v) is 3.52. The average molecular weight is 276 g/mol. The normalized spacial score (nSPS) is 10.8. The summed E-state index contributed by atoms with van der Waals surface area (Å²) in [5.41, 5.74) is 3.92. The quantitative estimate of drug-likeness (QED) is 0.934. The Labute approximate surface area is 116 Å². The predicted molar refractivity (Wildman–Crippen MR) is 73.7 cm³/mol. The molecule has 4 nitrogen and oxygen atoms in total. The molecule has 0 spiro atoms. The van der Waals surface area contributed by atoms with E-state index in [2.05, 4.69) is 5.10 Å². The van der Waals surface area contributed by atoms with Crippen molar-refractivity contribution in [3.05, 3.63) is 46.5 Å². The second-order valence-electron chi connectivity index (χ2n) is 4.89. The monoisotopic (exact) mass is 276 g/mol. The highest BCUT2D eigenvalue weighted by atomic mass is 19.1. The molecular weight excluding hydrogens is 259 g/mol. The number of aryl methyl sites for hydroxylation is 2. The van der Waals surface area contributed by atoms with E-state index in [0.717, 1.165) is 22.5 Å². The van der Waals surface area contributed by atoms with Gasteiger partial charge in [0.1, 0.15) is 11.5 Å². The maximum atomic E-state index is 14.0. The van der Waals surface area contributed by atoms with Gasteiger partial charge in [-0.2, -0.15) is 5.10 Å². The Bertz CT molecular complexity index is 662. The van der Waals surface area contributed by atoms with Gasteiger partial charge in [0.2, 0.25) is 0 Å². The standard InChI is InChI=1S/C15H17FN2O2/c1-9-10(2)17-18(11(9)3)14-8-12(4-6-13(14)16)5-7-15(19)20/h4,6,8H,5,7H2,1-3H3,(H,19,20). The van der Waals surface area contributed by atoms with E-state index in [1.807, 2.05) is 20.8 Å². The Balaban J connectivity index is 2.42. The van der Waals surface area contributed by atoms with Crippen LogP contribution in [0.1, 0.15) is 28.9 Å². The summed E-state index contributed by atoms with van der Waals surface area (Å²) in [6.07, 6.45) is 0.405. The maximum Gasteiger partial charge on any atom is 0.303 e. The first-order valence-electron chi connectivity index (χ1n) is 6.43. The first-order chi connectivity index (χ1) is 9.40. The van der Waals surface area contributed by atoms with Crippen molar-refractivity contribution in [1.29, 1.82) is 0 Å². The molecule has 106 valence electrons. The molecule has 1 N–H and O–H groups in total. The summed E-state index contributed by atoms with van der Waals surface area (Å²) in [4.78, 5) is 10.6. The van der Waals surface area contributed by atoms with Crippen molar-refractivity contribution in [2.24, 2.45) is 0 Å². The van der Waals surface area contributed by atoms with Crippen LogP contribution in [-0.2, 0) is 11.2 Å². The van der Waals surface area contributed by atoms with Gasteiger partial charge in [0.15, 0.2) is 0 Å². The molecule has 0 bridgehead atoms. The van der Waals surface area contributed by atoms with Crippen molar-refractivity contribution in [2.75, 3.05) is 0 Å². The molecule has 2 aromatic rings. The van der Waals surface area contributed by atoms with Crippen LogP contribution in [0.2, 0.25) is 0 Å². The van der Waals surface area contributed by atoms with Crippen molar-refractivity contribution < 1.29 is 14.3 Å². The fraction of sp³-hybridized carbons (Fsp3) is 0.333. The van der Waals surface area contributed by atoms with Gasteiger partial charge in [0.25, 0.3) is 0 Å². The lowest BCUT2D eigenvalue weighted by atomic mass is 10.1. The Morgan fingerprint density at radius 2 is 2.05 bits per heavy atom. The zero-order valence-corrected chi connectivity index (χ0v) is 11.8. The van der Waals surface area contributed by atoms with Crippen molar-refractivity contribution in [1.82, 2.24) is 9.78 Å². The van der Waals surface area contributed by atoms with Gasteiger partial charge in [0.05, 0.1) is 5.69 Å². The summed E-state index contributed by atoms with van der Waals surface area (Å²) < 4.78 is 15.6. The number of aliphatic carboxylic acids is 1. The van der Waals surface area contributed by atoms with E-state index in [1.54, 1.807) is 16.8 Å². The summed E-state index contributed by atoms with van der Waals surface area (Å²) in [6.45, 7) is 5.71. The molecule has 5 heteroatoms. The van der Waals surface area contributed by atoms with Crippen LogP contribution in [0.5, 0.6) is 0 Å². The lowest BCUT2D eigenvalue weighted by molar-refractivity contribution is -0.136. The first-order valence-corrected chi connectivity index (χ1v) is 6.43. The van der Waals surface area contributed by atoms with E-state index in [-0.39, 0.29) is 12.2 Å². The number of nitrogens with zero attached hydrogens (tertiary/aromatic N) is 2. The SMILES string of the molecule is Cc1nn(-c2cc(CCC(=O)O)ccc2F)c(C)c1C. The molecule has 20 heavy (non-hydrogen) atoms. The number of halogens is 1. The molecule has 0 saturated carbocycles. The van der Waals surface area contributed by atoms with Gasteiger partial charge >= 0.3 is 5.97 Å². The minimum atomic E-state index is -0.863. The molecule has 1 aromatic carbocycles. The molecule has 0 radical (unpaired) electrons. The van der Waals surface area contributed by atoms with Crippen LogP contribution in [0, 0.1) is 26.6 Å². The third kappa shape index (κ3) is 2.71. The Morgan fingerprint density at radius 3 is 2.60 bits per heavy atom. The number of hydrogen-bond donors (Lipinski definition) is 1. The molecule has 0 aliphatic carbocycles. The van der Waals surface area contributed by atoms with Crippen LogP contribution in [0.4, 0.5) is 4.39 Å². The molecule has 1 aromatic heterocycles. The van der Waals surface area contributed by atoms with E-state index >= 15 is 0 Å². The van der Waals surface area contributed by atoms with Crippen LogP contribution < -0.4 is 0 Å². The lowest BCUT2D eigenvalue weighted by Gasteiger charge is -2.08. The van der Waals surface area contributed by atoms with Crippen LogP contribution in [0.15, 0.2) is 18.2 Å². The van der Waals surface area contributed by atoms with Gasteiger partial charge in [0, 0.05) is 12.1 Å². The number of benzene rings is 1. The maximum absolute atomic E-state index is 14.0. The van der Waals surface area contributed by atoms with Crippen LogP contribution in [0.3, 0.4) is 0 Å². The van der Waals surface area contributed by atoms with Gasteiger partial charge in [-0.25, -0.2) is 9.07 Å². The second-order valence-corrected chi connectivity index (χ2v) is 4.89. The molecular formula is C15H17FN2O2. The number of carboxylic acids is 1. The molecule has 2 rings (SSSR count). The van der Waals surface area contributed by atoms with E-state index in [1.165, 1.54) is 6.07 Å². The van der Waals surface area contributed by atoms with Crippen LogP contribution >= 0.6 is 0 Å². The topological polar surface area (TPSA) is 55.1 Å². The van der Waals surface area contributed by atoms with Crippen LogP contribution in [-0.4, -0.2) is 20.9 Å². The molecule has 0 unspecified atom stereocenters. The zero-order valence-electron chi connectivity index (χ0n) is 11.8. The molecule has 0 aliphatic rings. The van der Waals surface area contributed by atoms with Crippen molar-refractivity contribution in [2.45, 2.75) is 33.6 Å². The van der Waals surface area contributed by atoms with E-state index in [9.17, 15) is 9.18 Å². The van der Waals surface area contributed by atoms with Gasteiger partial charge in [-0.1, -0.05) is 6.07 Å². The summed E-state index contributed by atoms with van der Waals surface area (Å²) >= 11 is 0. The average Bonchev–Trinajstić information content (AvgIpc) is 2.65. The summed E-state index contributed by atoms with van der Waals surface area (Å²) in [5, 5.41) is 13.0. The fourth-order valence-corrected chi connectivity index (χ4v) is 2.08. The lowest BCUT2D eigenvalue weighted by Crippen LogP contribution is -2.04. The number of carboxylic acid groups (broad SMARTS) is 1. The van der Waals surface area contributed by atoms with Crippen molar-refractivity contribution >= 4 is 5.97 Å². The molecule has 0 aliphatic heterocycles. The van der Waals surface area contributed by atoms with Gasteiger partial charge in [-0.15, -0.1) is 0 Å². The molecule has 0 saturated heterocycles. The molecule has 0 fully saturated rings. The Kier molecular flexibility index (Phi) is 3.88. The highest BCUT2D eigenvalue weighted by Gasteiger charge is 2.13. The zero-order chi connectivity index (χ0) is 14.9. The fourth-order valence-electron chi connectivity index (χ4n) is 2.08. The first kappa shape index (κ1) is 14.2. The summed E-state index contributed by atoms with van der Waals surface area (Å²) in [6, 6.07) is 4.63. The molecule has 0 atom stereocenters. The Hall–Kier alpha value is -2.17. The summed E-state index contributed by atoms with van der Waals surface area (Å²) in [5.74, 6) is -1.23. The van der Waals surface area contributed by atoms with Gasteiger partial charge in [-0.3, -0.25) is 4.79 Å². The third-order valence-electron chi connectivity index (χ3n) is 3.52. The van der Waals surface area contributed by atoms with Gasteiger partial charge in [-0.05, 0) is 50.5 Å². The molecule has 1 heterocycles. The smallest absolute Gasteiger partial charge is 0.303 e. The van der Waals surface area contributed by atoms with Crippen molar-refractivity contribution in [3.63, 3.8) is 0 Å². The van der Waals surface area contributed by atoms with E-state index < -0.39 is 5.97 Å². The van der Waals surface area contributed by atoms with Gasteiger partial charge < -0.3 is 5.11 Å². The largest absolute Gasteiger partial charge is 0.481 e. The number of rotatable bonds is 4. The highest BCUT2D eigenvalue weighted by Crippen LogP contribution is 2.21. The number of aromatic nitrogens is 2. The van der Waals surface area contributed by atoms with E-state index in [0.29, 0.717) is 12.1 Å². The minimum Gasteiger partial charge on any atom is -0.481 e. The Morgan fingerprint density at radius 1 is 1.35 bits per heavy atom. The second kappa shape index (κ2) is 5.45. The number of carbonyl (C=O) groups is 1.